The van der Waals surface area contributed by atoms with E-state index in [9.17, 15) is 13.2 Å². The van der Waals surface area contributed by atoms with Gasteiger partial charge in [0, 0.05) is 36.7 Å². The molecule has 1 saturated heterocycles. The Morgan fingerprint density at radius 3 is 2.52 bits per heavy atom. The van der Waals surface area contributed by atoms with E-state index < -0.39 is 10.0 Å². The highest BCUT2D eigenvalue weighted by Crippen LogP contribution is 2.24. The summed E-state index contributed by atoms with van der Waals surface area (Å²) < 4.78 is 32.4. The maximum atomic E-state index is 12.9. The molecule has 25 heavy (non-hydrogen) atoms. The molecule has 1 aliphatic heterocycles. The third kappa shape index (κ3) is 3.87. The summed E-state index contributed by atoms with van der Waals surface area (Å²) >= 11 is 0. The van der Waals surface area contributed by atoms with Crippen molar-refractivity contribution in [3.63, 3.8) is 0 Å². The van der Waals surface area contributed by atoms with Gasteiger partial charge in [-0.2, -0.15) is 4.31 Å². The van der Waals surface area contributed by atoms with E-state index in [4.69, 9.17) is 4.74 Å². The predicted octanol–water partition coefficient (Wildman–Crippen LogP) is 1.66. The summed E-state index contributed by atoms with van der Waals surface area (Å²) in [7, 11) is -3.62. The number of hydrogen-bond donors (Lipinski definition) is 1. The Bertz CT molecular complexity index is 863. The van der Waals surface area contributed by atoms with Crippen molar-refractivity contribution >= 4 is 21.6 Å². The standard InChI is InChI=1S/C17H19N3O4S/c1-13-2-3-15(19-17(21)14-4-6-18-7-5-14)12-16(13)25(22,23)20-8-10-24-11-9-20/h2-7,12H,8-11H2,1H3,(H,19,21). The Balaban J connectivity index is 1.86. The maximum Gasteiger partial charge on any atom is 0.255 e. The lowest BCUT2D eigenvalue weighted by Crippen LogP contribution is -2.40. The number of nitrogens with one attached hydrogen (secondary N) is 1. The Labute approximate surface area is 146 Å². The summed E-state index contributed by atoms with van der Waals surface area (Å²) in [4.78, 5) is 16.3. The van der Waals surface area contributed by atoms with Crippen LogP contribution in [0, 0.1) is 6.92 Å². The topological polar surface area (TPSA) is 88.6 Å². The fourth-order valence-electron chi connectivity index (χ4n) is 2.59. The van der Waals surface area contributed by atoms with Gasteiger partial charge in [-0.1, -0.05) is 6.07 Å². The van der Waals surface area contributed by atoms with Crippen molar-refractivity contribution in [2.75, 3.05) is 31.6 Å². The Morgan fingerprint density at radius 2 is 1.84 bits per heavy atom. The number of carbonyl (C=O) groups is 1. The van der Waals surface area contributed by atoms with Gasteiger partial charge in [-0.3, -0.25) is 9.78 Å². The molecule has 1 amide bonds. The molecule has 0 radical (unpaired) electrons. The molecule has 3 rings (SSSR count). The van der Waals surface area contributed by atoms with E-state index in [1.165, 1.54) is 22.8 Å². The van der Waals surface area contributed by atoms with E-state index >= 15 is 0 Å². The molecule has 0 spiro atoms. The summed E-state index contributed by atoms with van der Waals surface area (Å²) in [5.74, 6) is -0.319. The summed E-state index contributed by atoms with van der Waals surface area (Å²) in [5.41, 5.74) is 1.51. The maximum absolute atomic E-state index is 12.9. The summed E-state index contributed by atoms with van der Waals surface area (Å²) in [6.07, 6.45) is 3.05. The highest BCUT2D eigenvalue weighted by molar-refractivity contribution is 7.89. The first-order valence-corrected chi connectivity index (χ1v) is 9.32. The van der Waals surface area contributed by atoms with Crippen LogP contribution >= 0.6 is 0 Å². The number of amides is 1. The number of hydrogen-bond acceptors (Lipinski definition) is 5. The fourth-order valence-corrected chi connectivity index (χ4v) is 4.25. The van der Waals surface area contributed by atoms with Crippen LogP contribution in [0.2, 0.25) is 0 Å². The van der Waals surface area contributed by atoms with Crippen molar-refractivity contribution in [2.24, 2.45) is 0 Å². The quantitative estimate of drug-likeness (QED) is 0.895. The normalized spacial score (nSPS) is 15.7. The van der Waals surface area contributed by atoms with Crippen LogP contribution < -0.4 is 5.32 Å². The van der Waals surface area contributed by atoms with Crippen LogP contribution in [0.5, 0.6) is 0 Å². The number of pyridine rings is 1. The molecule has 1 aromatic carbocycles. The van der Waals surface area contributed by atoms with Crippen LogP contribution in [0.15, 0.2) is 47.6 Å². The Hall–Kier alpha value is -2.29. The number of morpholine rings is 1. The van der Waals surface area contributed by atoms with Crippen LogP contribution in [-0.2, 0) is 14.8 Å². The third-order valence-electron chi connectivity index (χ3n) is 3.98. The molecular weight excluding hydrogens is 342 g/mol. The molecule has 0 atom stereocenters. The minimum atomic E-state index is -3.62. The van der Waals surface area contributed by atoms with Gasteiger partial charge in [0.05, 0.1) is 18.1 Å². The minimum absolute atomic E-state index is 0.196. The van der Waals surface area contributed by atoms with E-state index in [1.54, 1.807) is 31.2 Å². The molecule has 7 nitrogen and oxygen atoms in total. The Morgan fingerprint density at radius 1 is 1.16 bits per heavy atom. The van der Waals surface area contributed by atoms with Crippen LogP contribution in [0.3, 0.4) is 0 Å². The number of ether oxygens (including phenoxy) is 1. The monoisotopic (exact) mass is 361 g/mol. The number of aromatic nitrogens is 1. The van der Waals surface area contributed by atoms with Gasteiger partial charge < -0.3 is 10.1 Å². The van der Waals surface area contributed by atoms with Gasteiger partial charge in [-0.05, 0) is 36.8 Å². The summed E-state index contributed by atoms with van der Waals surface area (Å²) in [6.45, 7) is 3.17. The molecule has 132 valence electrons. The van der Waals surface area contributed by atoms with E-state index in [-0.39, 0.29) is 10.8 Å². The fraction of sp³-hybridized carbons (Fsp3) is 0.294. The lowest BCUT2D eigenvalue weighted by molar-refractivity contribution is 0.0730. The van der Waals surface area contributed by atoms with Crippen molar-refractivity contribution in [3.8, 4) is 0 Å². The number of carbonyl (C=O) groups excluding carboxylic acids is 1. The molecule has 0 bridgehead atoms. The third-order valence-corrected chi connectivity index (χ3v) is 6.02. The second-order valence-corrected chi connectivity index (χ2v) is 7.59. The summed E-state index contributed by atoms with van der Waals surface area (Å²) in [5, 5.41) is 2.73. The zero-order valence-electron chi connectivity index (χ0n) is 13.8. The lowest BCUT2D eigenvalue weighted by Gasteiger charge is -2.26. The van der Waals surface area contributed by atoms with Gasteiger partial charge in [0.15, 0.2) is 0 Å². The summed E-state index contributed by atoms with van der Waals surface area (Å²) in [6, 6.07) is 8.06. The van der Waals surface area contributed by atoms with E-state index in [1.807, 2.05) is 0 Å². The van der Waals surface area contributed by atoms with E-state index in [2.05, 4.69) is 10.3 Å². The first-order chi connectivity index (χ1) is 12.0. The molecule has 2 heterocycles. The second-order valence-electron chi connectivity index (χ2n) is 5.69. The van der Waals surface area contributed by atoms with Gasteiger partial charge >= 0.3 is 0 Å². The number of aryl methyl sites for hydroxylation is 1. The smallest absolute Gasteiger partial charge is 0.255 e. The van der Waals surface area contributed by atoms with Gasteiger partial charge in [-0.25, -0.2) is 8.42 Å². The SMILES string of the molecule is Cc1ccc(NC(=O)c2ccncc2)cc1S(=O)(=O)N1CCOCC1. The van der Waals surface area contributed by atoms with Crippen molar-refractivity contribution in [1.82, 2.24) is 9.29 Å². The second kappa shape index (κ2) is 7.30. The molecular formula is C17H19N3O4S. The average Bonchev–Trinajstić information content (AvgIpc) is 2.64. The molecule has 1 aliphatic rings. The zero-order valence-corrected chi connectivity index (χ0v) is 14.6. The van der Waals surface area contributed by atoms with Gasteiger partial charge in [-0.15, -0.1) is 0 Å². The van der Waals surface area contributed by atoms with Crippen LogP contribution in [0.1, 0.15) is 15.9 Å². The predicted molar refractivity (Wildman–Crippen MR) is 92.9 cm³/mol. The first-order valence-electron chi connectivity index (χ1n) is 7.88. The molecule has 1 aromatic heterocycles. The van der Waals surface area contributed by atoms with Crippen molar-refractivity contribution < 1.29 is 17.9 Å². The molecule has 0 saturated carbocycles. The highest BCUT2D eigenvalue weighted by atomic mass is 32.2. The average molecular weight is 361 g/mol. The Kier molecular flexibility index (Phi) is 5.12. The molecule has 0 aliphatic carbocycles. The van der Waals surface area contributed by atoms with E-state index in [0.29, 0.717) is 43.1 Å². The molecule has 1 fully saturated rings. The number of anilines is 1. The van der Waals surface area contributed by atoms with Gasteiger partial charge in [0.25, 0.3) is 5.91 Å². The lowest BCUT2D eigenvalue weighted by atomic mass is 10.2. The molecule has 0 unspecified atom stereocenters. The van der Waals surface area contributed by atoms with Crippen LogP contribution in [-0.4, -0.2) is 49.9 Å². The van der Waals surface area contributed by atoms with Gasteiger partial charge in [0.2, 0.25) is 10.0 Å². The van der Waals surface area contributed by atoms with E-state index in [0.717, 1.165) is 0 Å². The van der Waals surface area contributed by atoms with Crippen molar-refractivity contribution in [2.45, 2.75) is 11.8 Å². The highest BCUT2D eigenvalue weighted by Gasteiger charge is 2.28. The number of rotatable bonds is 4. The zero-order chi connectivity index (χ0) is 17.9. The number of benzene rings is 1. The van der Waals surface area contributed by atoms with Gasteiger partial charge in [0.1, 0.15) is 0 Å². The van der Waals surface area contributed by atoms with Crippen LogP contribution in [0.25, 0.3) is 0 Å². The number of nitrogens with zero attached hydrogens (tertiary/aromatic N) is 2. The first kappa shape index (κ1) is 17.5. The molecule has 2 aromatic rings. The van der Waals surface area contributed by atoms with Crippen LogP contribution in [0.4, 0.5) is 5.69 Å². The minimum Gasteiger partial charge on any atom is -0.379 e. The molecule has 8 heteroatoms. The number of sulfonamides is 1. The van der Waals surface area contributed by atoms with Crippen molar-refractivity contribution in [3.05, 3.63) is 53.9 Å². The van der Waals surface area contributed by atoms with Crippen molar-refractivity contribution in [1.29, 1.82) is 0 Å². The molecule has 1 N–H and O–H groups in total. The largest absolute Gasteiger partial charge is 0.379 e.